The number of ether oxygens (including phenoxy) is 1. The van der Waals surface area contributed by atoms with E-state index in [4.69, 9.17) is 4.74 Å². The van der Waals surface area contributed by atoms with Crippen LogP contribution in [0.5, 0.6) is 0 Å². The second-order valence-corrected chi connectivity index (χ2v) is 13.9. The van der Waals surface area contributed by atoms with E-state index in [2.05, 4.69) is 36.3 Å². The number of anilines is 1. The molecule has 1 aliphatic carbocycles. The van der Waals surface area contributed by atoms with Gasteiger partial charge in [0, 0.05) is 18.3 Å². The largest absolute Gasteiger partial charge is 0.359 e. The molecule has 8 heteroatoms. The number of hydrogen-bond donors (Lipinski definition) is 2. The van der Waals surface area contributed by atoms with Gasteiger partial charge in [0.25, 0.3) is 0 Å². The molecule has 228 valence electrons. The van der Waals surface area contributed by atoms with Crippen LogP contribution in [0.25, 0.3) is 0 Å². The third-order valence-electron chi connectivity index (χ3n) is 11.0. The molecule has 1 aromatic rings. The molecule has 2 N–H and O–H groups in total. The Kier molecular flexibility index (Phi) is 8.22. The highest BCUT2D eigenvalue weighted by molar-refractivity contribution is 6.02. The first kappa shape index (κ1) is 29.4. The molecule has 8 unspecified atom stereocenters. The van der Waals surface area contributed by atoms with Gasteiger partial charge in [-0.3, -0.25) is 14.4 Å². The van der Waals surface area contributed by atoms with Crippen molar-refractivity contribution in [1.82, 2.24) is 15.1 Å². The number of aryl methyl sites for hydroxylation is 1. The molecule has 3 amide bonds. The molecule has 6 rings (SSSR count). The van der Waals surface area contributed by atoms with Crippen LogP contribution in [-0.4, -0.2) is 77.5 Å². The fourth-order valence-corrected chi connectivity index (χ4v) is 8.25. The van der Waals surface area contributed by atoms with Crippen LogP contribution in [0.3, 0.4) is 0 Å². The summed E-state index contributed by atoms with van der Waals surface area (Å²) in [4.78, 5) is 46.5. The zero-order valence-corrected chi connectivity index (χ0v) is 25.7. The van der Waals surface area contributed by atoms with E-state index in [9.17, 15) is 14.4 Å². The van der Waals surface area contributed by atoms with Crippen molar-refractivity contribution in [3.05, 3.63) is 42.0 Å². The molecule has 8 atom stereocenters. The molecular weight excluding hydrogens is 528 g/mol. The quantitative estimate of drug-likeness (QED) is 0.454. The summed E-state index contributed by atoms with van der Waals surface area (Å²) in [5.74, 6) is -0.234. The Morgan fingerprint density at radius 3 is 2.60 bits per heavy atom. The molecule has 1 spiro atoms. The number of piperidine rings is 1. The lowest BCUT2D eigenvalue weighted by atomic mass is 9.73. The van der Waals surface area contributed by atoms with E-state index in [1.165, 1.54) is 19.3 Å². The van der Waals surface area contributed by atoms with Crippen molar-refractivity contribution in [2.75, 3.05) is 31.5 Å². The summed E-state index contributed by atoms with van der Waals surface area (Å²) in [7, 11) is 0. The highest BCUT2D eigenvalue weighted by Gasteiger charge is 2.72. The van der Waals surface area contributed by atoms with Gasteiger partial charge in [-0.1, -0.05) is 57.9 Å². The number of hydrogen-bond acceptors (Lipinski definition) is 5. The molecule has 42 heavy (non-hydrogen) atoms. The third kappa shape index (κ3) is 5.30. The molecule has 0 aromatic heterocycles. The molecular formula is C34H48N4O4. The maximum Gasteiger partial charge on any atom is 0.246 e. The highest BCUT2D eigenvalue weighted by Crippen LogP contribution is 2.55. The van der Waals surface area contributed by atoms with Gasteiger partial charge in [0.1, 0.15) is 11.6 Å². The van der Waals surface area contributed by atoms with Gasteiger partial charge in [-0.2, -0.15) is 0 Å². The maximum atomic E-state index is 14.3. The fraction of sp³-hybridized carbons (Fsp3) is 0.676. The van der Waals surface area contributed by atoms with Crippen LogP contribution in [0.15, 0.2) is 36.4 Å². The third-order valence-corrected chi connectivity index (χ3v) is 11.0. The smallest absolute Gasteiger partial charge is 0.246 e. The zero-order valence-electron chi connectivity index (χ0n) is 25.7. The standard InChI is InChI=1S/C34H48N4O4/c1-21-13-18-37(19-14-21)16-7-17-38-30(32(40)36-26-11-6-9-23(3)24(26)4)34-15-12-27(42-34)28(29(34)33(38)41)31(39)35-25-10-5-8-22(2)20-25/h5,8,10,12,15,20-21,23-24,26-30H,6-7,9,11,13-14,16-19H2,1-4H3,(H,35,39)(H,36,40). The summed E-state index contributed by atoms with van der Waals surface area (Å²) in [5, 5.41) is 6.39. The highest BCUT2D eigenvalue weighted by atomic mass is 16.5. The Morgan fingerprint density at radius 1 is 1.05 bits per heavy atom. The number of carbonyl (C=O) groups is 3. The molecule has 5 aliphatic rings. The number of nitrogens with one attached hydrogen (secondary N) is 2. The van der Waals surface area contributed by atoms with Crippen LogP contribution in [-0.2, 0) is 19.1 Å². The van der Waals surface area contributed by atoms with Crippen molar-refractivity contribution < 1.29 is 19.1 Å². The fourth-order valence-electron chi connectivity index (χ4n) is 8.25. The Labute approximate surface area is 250 Å². The van der Waals surface area contributed by atoms with Crippen molar-refractivity contribution in [2.24, 2.45) is 29.6 Å². The molecule has 4 heterocycles. The minimum Gasteiger partial charge on any atom is -0.359 e. The van der Waals surface area contributed by atoms with E-state index in [0.717, 1.165) is 50.4 Å². The molecule has 4 fully saturated rings. The Balaban J connectivity index is 1.24. The van der Waals surface area contributed by atoms with E-state index < -0.39 is 29.6 Å². The number of carbonyl (C=O) groups excluding carboxylic acids is 3. The summed E-state index contributed by atoms with van der Waals surface area (Å²) in [5.41, 5.74) is 0.626. The van der Waals surface area contributed by atoms with Crippen molar-refractivity contribution >= 4 is 23.4 Å². The van der Waals surface area contributed by atoms with Gasteiger partial charge < -0.3 is 25.2 Å². The van der Waals surface area contributed by atoms with Crippen LogP contribution in [0, 0.1) is 36.5 Å². The first-order valence-corrected chi connectivity index (χ1v) is 16.3. The number of nitrogens with zero attached hydrogens (tertiary/aromatic N) is 2. The number of likely N-dealkylation sites (tertiary alicyclic amines) is 2. The summed E-state index contributed by atoms with van der Waals surface area (Å²) >= 11 is 0. The molecule has 2 bridgehead atoms. The Morgan fingerprint density at radius 2 is 1.83 bits per heavy atom. The molecule has 8 nitrogen and oxygen atoms in total. The average Bonchev–Trinajstić information content (AvgIpc) is 3.60. The van der Waals surface area contributed by atoms with Gasteiger partial charge in [-0.05, 0) is 87.7 Å². The van der Waals surface area contributed by atoms with E-state index in [1.54, 1.807) is 4.90 Å². The molecule has 0 radical (unpaired) electrons. The lowest BCUT2D eigenvalue weighted by Crippen LogP contribution is -2.58. The Hall–Kier alpha value is -2.71. The molecule has 1 saturated carbocycles. The number of amides is 3. The zero-order chi connectivity index (χ0) is 29.6. The molecule has 3 saturated heterocycles. The summed E-state index contributed by atoms with van der Waals surface area (Å²) in [6.45, 7) is 12.3. The average molecular weight is 577 g/mol. The van der Waals surface area contributed by atoms with Crippen molar-refractivity contribution in [2.45, 2.75) is 90.0 Å². The second-order valence-electron chi connectivity index (χ2n) is 13.9. The minimum absolute atomic E-state index is 0.0759. The lowest BCUT2D eigenvalue weighted by Gasteiger charge is -2.38. The van der Waals surface area contributed by atoms with E-state index in [0.29, 0.717) is 24.1 Å². The summed E-state index contributed by atoms with van der Waals surface area (Å²) in [6, 6.07) is 6.96. The van der Waals surface area contributed by atoms with Gasteiger partial charge in [0.2, 0.25) is 17.7 Å². The number of benzene rings is 1. The van der Waals surface area contributed by atoms with Crippen LogP contribution in [0.4, 0.5) is 5.69 Å². The topological polar surface area (TPSA) is 91.0 Å². The van der Waals surface area contributed by atoms with Gasteiger partial charge in [0.15, 0.2) is 0 Å². The van der Waals surface area contributed by atoms with Gasteiger partial charge >= 0.3 is 0 Å². The first-order valence-electron chi connectivity index (χ1n) is 16.3. The predicted octanol–water partition coefficient (Wildman–Crippen LogP) is 4.15. The van der Waals surface area contributed by atoms with Crippen LogP contribution in [0.2, 0.25) is 0 Å². The lowest BCUT2D eigenvalue weighted by molar-refractivity contribution is -0.141. The summed E-state index contributed by atoms with van der Waals surface area (Å²) in [6.07, 6.45) is 9.70. The summed E-state index contributed by atoms with van der Waals surface area (Å²) < 4.78 is 6.55. The van der Waals surface area contributed by atoms with E-state index in [1.807, 2.05) is 43.3 Å². The SMILES string of the molecule is Cc1cccc(NC(=O)C2C3C=CC4(O3)C2C(=O)N(CCCN2CCC(C)CC2)C4C(=O)NC2CCCC(C)C2C)c1. The first-order chi connectivity index (χ1) is 20.2. The minimum atomic E-state index is -1.12. The second kappa shape index (κ2) is 11.8. The van der Waals surface area contributed by atoms with E-state index in [-0.39, 0.29) is 23.8 Å². The van der Waals surface area contributed by atoms with E-state index >= 15 is 0 Å². The van der Waals surface area contributed by atoms with Gasteiger partial charge in [-0.25, -0.2) is 0 Å². The van der Waals surface area contributed by atoms with Crippen molar-refractivity contribution in [3.63, 3.8) is 0 Å². The predicted molar refractivity (Wildman–Crippen MR) is 163 cm³/mol. The van der Waals surface area contributed by atoms with Crippen LogP contribution >= 0.6 is 0 Å². The van der Waals surface area contributed by atoms with Crippen molar-refractivity contribution in [3.8, 4) is 0 Å². The maximum absolute atomic E-state index is 14.3. The van der Waals surface area contributed by atoms with Crippen molar-refractivity contribution in [1.29, 1.82) is 0 Å². The molecule has 1 aromatic carbocycles. The molecule has 4 aliphatic heterocycles. The van der Waals surface area contributed by atoms with Gasteiger partial charge in [0.05, 0.1) is 17.9 Å². The van der Waals surface area contributed by atoms with Crippen LogP contribution in [0.1, 0.15) is 64.9 Å². The number of rotatable bonds is 8. The van der Waals surface area contributed by atoms with Crippen LogP contribution < -0.4 is 10.6 Å². The monoisotopic (exact) mass is 576 g/mol. The normalized spacial score (nSPS) is 36.3. The van der Waals surface area contributed by atoms with Gasteiger partial charge in [-0.15, -0.1) is 0 Å². The number of fused-ring (bicyclic) bond motifs is 1. The Bertz CT molecular complexity index is 1230.